The molecule has 2 aliphatic carbocycles. The minimum absolute atomic E-state index is 0.0553. The molecule has 7 aromatic carbocycles. The zero-order valence-corrected chi connectivity index (χ0v) is 40.8. The molecule has 378 valence electrons. The zero-order chi connectivity index (χ0) is 52.3. The summed E-state index contributed by atoms with van der Waals surface area (Å²) >= 11 is 0. The maximum atomic E-state index is 13.0. The van der Waals surface area contributed by atoms with Gasteiger partial charge in [0.1, 0.15) is 23.7 Å². The maximum Gasteiger partial charge on any atom is 0.328 e. The fourth-order valence-corrected chi connectivity index (χ4v) is 10.1. The summed E-state index contributed by atoms with van der Waals surface area (Å²) in [6.45, 7) is 0.116. The third kappa shape index (κ3) is 10.9. The number of carboxylic acids is 2. The first-order valence-corrected chi connectivity index (χ1v) is 24.4. The highest BCUT2D eigenvalue weighted by Gasteiger charge is 2.39. The molecule has 0 saturated carbocycles. The van der Waals surface area contributed by atoms with Gasteiger partial charge >= 0.3 is 17.9 Å². The van der Waals surface area contributed by atoms with Crippen molar-refractivity contribution in [3.8, 4) is 22.3 Å². The highest BCUT2D eigenvalue weighted by molar-refractivity contribution is 5.81. The molecule has 1 heterocycles. The van der Waals surface area contributed by atoms with Gasteiger partial charge in [-0.25, -0.2) is 14.6 Å². The Labute approximate surface area is 433 Å². The van der Waals surface area contributed by atoms with Crippen molar-refractivity contribution < 1.29 is 49.0 Å². The van der Waals surface area contributed by atoms with E-state index in [4.69, 9.17) is 9.47 Å². The van der Waals surface area contributed by atoms with E-state index in [-0.39, 0.29) is 44.3 Å². The number of rotatable bonds is 17. The van der Waals surface area contributed by atoms with Crippen molar-refractivity contribution in [2.45, 2.75) is 48.7 Å². The molecule has 14 heteroatoms. The number of nitrogens with zero attached hydrogens (tertiary/aromatic N) is 4. The molecule has 75 heavy (non-hydrogen) atoms. The summed E-state index contributed by atoms with van der Waals surface area (Å²) in [5, 5.41) is 44.3. The van der Waals surface area contributed by atoms with Crippen molar-refractivity contribution in [3.05, 3.63) is 245 Å². The average Bonchev–Trinajstić information content (AvgIpc) is 4.14. The number of imidazole rings is 1. The first-order valence-electron chi connectivity index (χ1n) is 24.4. The summed E-state index contributed by atoms with van der Waals surface area (Å²) in [6.07, 6.45) is 1.33. The Bertz CT molecular complexity index is 3150. The molecule has 0 saturated heterocycles. The Morgan fingerprint density at radius 3 is 1.29 bits per heavy atom. The Balaban J connectivity index is 0.000000210. The number of carbonyl (C=O) groups excluding carboxylic acids is 1. The van der Waals surface area contributed by atoms with Crippen molar-refractivity contribution in [2.75, 3.05) is 20.3 Å². The number of methoxy groups -OCH3 is 1. The average molecular weight is 1000 g/mol. The molecule has 0 aliphatic heterocycles. The fraction of sp³-hybridized carbons (Fsp3) is 0.180. The molecule has 0 radical (unpaired) electrons. The quantitative estimate of drug-likeness (QED) is 0.0385. The van der Waals surface area contributed by atoms with Crippen LogP contribution in [0.2, 0.25) is 0 Å². The minimum Gasteiger partial charge on any atom is -0.599 e. The number of carbonyl (C=O) groups is 3. The van der Waals surface area contributed by atoms with Crippen LogP contribution in [0.3, 0.4) is 0 Å². The van der Waals surface area contributed by atoms with E-state index in [2.05, 4.69) is 68.2 Å². The van der Waals surface area contributed by atoms with Crippen LogP contribution in [0.4, 0.5) is 0 Å². The molecule has 8 aromatic rings. The van der Waals surface area contributed by atoms with Crippen LogP contribution in [-0.4, -0.2) is 82.2 Å². The molecule has 0 amide bonds. The van der Waals surface area contributed by atoms with Crippen molar-refractivity contribution in [1.82, 2.24) is 9.55 Å². The van der Waals surface area contributed by atoms with Crippen LogP contribution in [0.15, 0.2) is 211 Å². The summed E-state index contributed by atoms with van der Waals surface area (Å²) in [5.41, 5.74) is 11.4. The molecule has 10 rings (SSSR count). The van der Waals surface area contributed by atoms with Gasteiger partial charge in [-0.05, 0) is 67.6 Å². The molecule has 0 unspecified atom stereocenters. The van der Waals surface area contributed by atoms with Crippen LogP contribution in [-0.2, 0) is 40.6 Å². The van der Waals surface area contributed by atoms with Crippen molar-refractivity contribution >= 4 is 30.1 Å². The molecule has 1 aromatic heterocycles. The van der Waals surface area contributed by atoms with Gasteiger partial charge in [0.05, 0.1) is 19.1 Å². The number of aliphatic imine (C=N–C) groups is 2. The van der Waals surface area contributed by atoms with Gasteiger partial charge in [0.15, 0.2) is 6.04 Å². The Morgan fingerprint density at radius 2 is 0.920 bits per heavy atom. The number of hydrogen-bond acceptors (Lipinski definition) is 11. The van der Waals surface area contributed by atoms with E-state index < -0.39 is 47.7 Å². The van der Waals surface area contributed by atoms with Gasteiger partial charge in [0.25, 0.3) is 0 Å². The van der Waals surface area contributed by atoms with Crippen LogP contribution < -0.4 is 10.2 Å². The predicted molar refractivity (Wildman–Crippen MR) is 279 cm³/mol. The van der Waals surface area contributed by atoms with Crippen molar-refractivity contribution in [1.29, 1.82) is 0 Å². The standard InChI is InChI=1S/C40H33N3O4.C21H21NO6/c44-38(45)37(42-39(46)47-26-36-34-22-12-10-20-32(34)33-21-11-13-23-35(33)36)24-31-25-43(27-41-31)40(28-14-4-1-5-15-28,29-16-6-2-7-17-29)30-18-8-3-9-19-30;1-27-19(23)11-10-18(20(24)25)22-21(26)28-12-17-15-8-4-2-6-13(15)14-7-3-5-9-16(14)17/h1-23,25,27,36-37H,24,26H2,(H,42,46)(H,44,45);2-9,17-18H,10-12H2,1H3,(H,22,26)(H,24,25)/p-2/t37-;18-/m01/s1. The molecule has 2 atom stereocenters. The molecule has 0 fully saturated rings. The monoisotopic (exact) mass is 1000 g/mol. The topological polar surface area (TPSA) is 208 Å². The first-order chi connectivity index (χ1) is 36.6. The minimum atomic E-state index is -1.37. The van der Waals surface area contributed by atoms with E-state index in [1.807, 2.05) is 150 Å². The first kappa shape index (κ1) is 50.6. The Hall–Kier alpha value is -9.30. The number of ether oxygens (including phenoxy) is 3. The van der Waals surface area contributed by atoms with E-state index in [1.165, 1.54) is 7.11 Å². The molecule has 2 aliphatic rings. The van der Waals surface area contributed by atoms with E-state index in [9.17, 15) is 34.8 Å². The summed E-state index contributed by atoms with van der Waals surface area (Å²) in [5.74, 6) is -3.37. The van der Waals surface area contributed by atoms with Crippen LogP contribution >= 0.6 is 0 Å². The van der Waals surface area contributed by atoms with E-state index in [0.29, 0.717) is 5.69 Å². The second-order valence-electron chi connectivity index (χ2n) is 18.0. The molecule has 0 spiro atoms. The normalized spacial score (nSPS) is 13.7. The summed E-state index contributed by atoms with van der Waals surface area (Å²) in [7, 11) is 1.21. The lowest BCUT2D eigenvalue weighted by Crippen LogP contribution is -2.37. The second-order valence-corrected chi connectivity index (χ2v) is 18.0. The highest BCUT2D eigenvalue weighted by atomic mass is 16.6. The van der Waals surface area contributed by atoms with Crippen molar-refractivity contribution in [2.24, 2.45) is 9.98 Å². The van der Waals surface area contributed by atoms with Gasteiger partial charge in [-0.2, -0.15) is 0 Å². The Kier molecular flexibility index (Phi) is 15.6. The van der Waals surface area contributed by atoms with Gasteiger partial charge < -0.3 is 39.2 Å². The third-order valence-electron chi connectivity index (χ3n) is 13.6. The summed E-state index contributed by atoms with van der Waals surface area (Å²) in [6, 6.07) is 59.5. The van der Waals surface area contributed by atoms with Gasteiger partial charge in [-0.15, -0.1) is 0 Å². The summed E-state index contributed by atoms with van der Waals surface area (Å²) in [4.78, 5) is 47.0. The number of benzene rings is 7. The molecular formula is C61H52N4O10-2. The molecule has 14 nitrogen and oxygen atoms in total. The second kappa shape index (κ2) is 23.1. The third-order valence-corrected chi connectivity index (χ3v) is 13.6. The van der Waals surface area contributed by atoms with Crippen LogP contribution in [0.1, 0.15) is 69.3 Å². The predicted octanol–water partition coefficient (Wildman–Crippen LogP) is 8.20. The number of aliphatic carboxylic acids is 2. The van der Waals surface area contributed by atoms with Crippen LogP contribution in [0.5, 0.6) is 0 Å². The lowest BCUT2D eigenvalue weighted by molar-refractivity contribution is -0.252. The number of carboxylic acid groups (broad SMARTS) is 2. The van der Waals surface area contributed by atoms with Gasteiger partial charge in [-0.3, -0.25) is 14.8 Å². The molecule has 2 N–H and O–H groups in total. The zero-order valence-electron chi connectivity index (χ0n) is 40.8. The van der Waals surface area contributed by atoms with E-state index in [1.54, 1.807) is 6.33 Å². The fourth-order valence-electron chi connectivity index (χ4n) is 10.1. The van der Waals surface area contributed by atoms with E-state index in [0.717, 1.165) is 61.2 Å². The van der Waals surface area contributed by atoms with Crippen molar-refractivity contribution in [3.63, 3.8) is 0 Å². The largest absolute Gasteiger partial charge is 0.599 e. The van der Waals surface area contributed by atoms with E-state index >= 15 is 0 Å². The number of esters is 1. The SMILES string of the molecule is COC(=O)CC[C@@H](N=C([O-])OCC1c2ccccc2-c2ccccc21)C(=O)O.O=C(O)[C@H](Cc1cn(C(c2ccccc2)(c2ccccc2)c2ccccc2)cn1)N=C([O-])OCC1c2ccccc2-c2ccccc21. The van der Waals surface area contributed by atoms with Crippen LogP contribution in [0.25, 0.3) is 22.3 Å². The molecule has 0 bridgehead atoms. The summed E-state index contributed by atoms with van der Waals surface area (Å²) < 4.78 is 17.4. The van der Waals surface area contributed by atoms with Gasteiger partial charge in [0, 0.05) is 44.1 Å². The van der Waals surface area contributed by atoms with Gasteiger partial charge in [-0.1, -0.05) is 188 Å². The lowest BCUT2D eigenvalue weighted by atomic mass is 9.77. The number of aromatic nitrogens is 2. The molecular weight excluding hydrogens is 949 g/mol. The van der Waals surface area contributed by atoms with Gasteiger partial charge in [0.2, 0.25) is 0 Å². The van der Waals surface area contributed by atoms with Crippen LogP contribution in [0, 0.1) is 0 Å². The maximum absolute atomic E-state index is 13.0. The highest BCUT2D eigenvalue weighted by Crippen LogP contribution is 2.46. The number of hydrogen-bond donors (Lipinski definition) is 2. The smallest absolute Gasteiger partial charge is 0.328 e. The lowest BCUT2D eigenvalue weighted by Gasteiger charge is -2.37. The number of fused-ring (bicyclic) bond motifs is 6. The Morgan fingerprint density at radius 1 is 0.560 bits per heavy atom.